The Bertz CT molecular complexity index is 38.7. The van der Waals surface area contributed by atoms with Crippen molar-refractivity contribution in [3.05, 3.63) is 0 Å². The van der Waals surface area contributed by atoms with E-state index in [0.29, 0.717) is 5.25 Å². The van der Waals surface area contributed by atoms with Crippen molar-refractivity contribution in [1.29, 1.82) is 0 Å². The predicted octanol–water partition coefficient (Wildman–Crippen LogP) is 0.158. The zero-order chi connectivity index (χ0) is 5.70. The molecule has 0 aromatic rings. The summed E-state index contributed by atoms with van der Waals surface area (Å²) >= 11 is 4.14. The molecule has 0 aromatic heterocycles. The van der Waals surface area contributed by atoms with E-state index in [-0.39, 0.29) is 0 Å². The van der Waals surface area contributed by atoms with Gasteiger partial charge in [0, 0.05) is 11.8 Å². The lowest BCUT2D eigenvalue weighted by molar-refractivity contribution is 0.679. The number of hydrogen-bond donors (Lipinski definition) is 3. The number of nitrogens with one attached hydrogen (secondary N) is 1. The molecule has 1 atom stereocenters. The molecule has 0 aromatic carbocycles. The molecule has 2 nitrogen and oxygen atoms in total. The van der Waals surface area contributed by atoms with E-state index in [9.17, 15) is 0 Å². The fraction of sp³-hybridized carbons (Fsp3) is 1.00. The molecule has 0 aliphatic heterocycles. The fourth-order valence-corrected chi connectivity index (χ4v) is 0.421. The SMILES string of the molecule is CC(S)CCNN. The molecule has 0 radical (unpaired) electrons. The molecule has 44 valence electrons. The van der Waals surface area contributed by atoms with Crippen molar-refractivity contribution in [2.24, 2.45) is 5.84 Å². The van der Waals surface area contributed by atoms with Gasteiger partial charge in [-0.05, 0) is 6.42 Å². The standard InChI is InChI=1S/C4H12N2S/c1-4(7)2-3-6-5/h4,6-7H,2-3,5H2,1H3. The molecule has 0 saturated heterocycles. The van der Waals surface area contributed by atoms with E-state index in [1.165, 1.54) is 0 Å². The smallest absolute Gasteiger partial charge is 0.0108 e. The summed E-state index contributed by atoms with van der Waals surface area (Å²) in [6, 6.07) is 0. The lowest BCUT2D eigenvalue weighted by Crippen LogP contribution is -2.24. The zero-order valence-corrected chi connectivity index (χ0v) is 5.41. The Balaban J connectivity index is 2.68. The van der Waals surface area contributed by atoms with Crippen molar-refractivity contribution in [3.8, 4) is 0 Å². The third-order valence-electron chi connectivity index (χ3n) is 0.706. The molecule has 0 heterocycles. The number of thiol groups is 1. The molecule has 0 aliphatic carbocycles. The topological polar surface area (TPSA) is 38.0 Å². The van der Waals surface area contributed by atoms with Crippen LogP contribution in [0.25, 0.3) is 0 Å². The summed E-state index contributed by atoms with van der Waals surface area (Å²) < 4.78 is 0. The summed E-state index contributed by atoms with van der Waals surface area (Å²) in [6.07, 6.45) is 1.03. The van der Waals surface area contributed by atoms with E-state index in [4.69, 9.17) is 5.84 Å². The van der Waals surface area contributed by atoms with E-state index in [1.54, 1.807) is 0 Å². The Morgan fingerprint density at radius 3 is 2.57 bits per heavy atom. The highest BCUT2D eigenvalue weighted by molar-refractivity contribution is 7.80. The van der Waals surface area contributed by atoms with Gasteiger partial charge in [-0.15, -0.1) is 0 Å². The van der Waals surface area contributed by atoms with E-state index < -0.39 is 0 Å². The number of hydrazine groups is 1. The Kier molecular flexibility index (Phi) is 4.60. The third-order valence-corrected chi connectivity index (χ3v) is 0.965. The van der Waals surface area contributed by atoms with Gasteiger partial charge < -0.3 is 0 Å². The van der Waals surface area contributed by atoms with Crippen molar-refractivity contribution in [1.82, 2.24) is 5.43 Å². The molecular formula is C4H12N2S. The van der Waals surface area contributed by atoms with Gasteiger partial charge in [-0.2, -0.15) is 12.6 Å². The highest BCUT2D eigenvalue weighted by Gasteiger charge is 1.89. The first-order valence-electron chi connectivity index (χ1n) is 2.39. The summed E-state index contributed by atoms with van der Waals surface area (Å²) in [5.74, 6) is 4.99. The maximum absolute atomic E-state index is 4.99. The van der Waals surface area contributed by atoms with Crippen LogP contribution < -0.4 is 11.3 Å². The van der Waals surface area contributed by atoms with Gasteiger partial charge in [0.05, 0.1) is 0 Å². The quantitative estimate of drug-likeness (QED) is 0.282. The molecule has 0 rings (SSSR count). The highest BCUT2D eigenvalue weighted by atomic mass is 32.1. The summed E-state index contributed by atoms with van der Waals surface area (Å²) in [4.78, 5) is 0. The lowest BCUT2D eigenvalue weighted by Gasteiger charge is -1.99. The Morgan fingerprint density at radius 2 is 2.43 bits per heavy atom. The van der Waals surface area contributed by atoms with Gasteiger partial charge in [0.2, 0.25) is 0 Å². The van der Waals surface area contributed by atoms with Gasteiger partial charge >= 0.3 is 0 Å². The van der Waals surface area contributed by atoms with Crippen LogP contribution in [0.15, 0.2) is 0 Å². The van der Waals surface area contributed by atoms with Crippen molar-refractivity contribution >= 4 is 12.6 Å². The van der Waals surface area contributed by atoms with Gasteiger partial charge in [-0.3, -0.25) is 11.3 Å². The average molecular weight is 120 g/mol. The van der Waals surface area contributed by atoms with Crippen LogP contribution in [-0.2, 0) is 0 Å². The van der Waals surface area contributed by atoms with Gasteiger partial charge in [0.15, 0.2) is 0 Å². The Morgan fingerprint density at radius 1 is 1.86 bits per heavy atom. The molecule has 0 bridgehead atoms. The van der Waals surface area contributed by atoms with Crippen molar-refractivity contribution < 1.29 is 0 Å². The minimum absolute atomic E-state index is 0.455. The predicted molar refractivity (Wildman–Crippen MR) is 35.3 cm³/mol. The van der Waals surface area contributed by atoms with Gasteiger partial charge in [-0.1, -0.05) is 6.92 Å². The van der Waals surface area contributed by atoms with Crippen molar-refractivity contribution in [3.63, 3.8) is 0 Å². The van der Waals surface area contributed by atoms with Crippen LogP contribution >= 0.6 is 12.6 Å². The normalized spacial score (nSPS) is 14.1. The molecule has 1 unspecified atom stereocenters. The zero-order valence-electron chi connectivity index (χ0n) is 4.52. The van der Waals surface area contributed by atoms with Crippen LogP contribution in [0.4, 0.5) is 0 Å². The van der Waals surface area contributed by atoms with Crippen LogP contribution in [0, 0.1) is 0 Å². The van der Waals surface area contributed by atoms with E-state index in [0.717, 1.165) is 13.0 Å². The molecule has 0 spiro atoms. The first-order valence-corrected chi connectivity index (χ1v) is 2.90. The number of rotatable bonds is 3. The second-order valence-corrected chi connectivity index (χ2v) is 2.47. The summed E-state index contributed by atoms with van der Waals surface area (Å²) in [7, 11) is 0. The number of hydrogen-bond acceptors (Lipinski definition) is 3. The fourth-order valence-electron chi connectivity index (χ4n) is 0.292. The van der Waals surface area contributed by atoms with E-state index >= 15 is 0 Å². The second kappa shape index (κ2) is 4.43. The van der Waals surface area contributed by atoms with Gasteiger partial charge in [-0.25, -0.2) is 0 Å². The maximum atomic E-state index is 4.99. The molecule has 3 heteroatoms. The molecular weight excluding hydrogens is 108 g/mol. The first-order chi connectivity index (χ1) is 3.27. The van der Waals surface area contributed by atoms with Gasteiger partial charge in [0.25, 0.3) is 0 Å². The van der Waals surface area contributed by atoms with E-state index in [2.05, 4.69) is 18.1 Å². The highest BCUT2D eigenvalue weighted by Crippen LogP contribution is 1.95. The average Bonchev–Trinajstić information content (AvgIpc) is 1.61. The van der Waals surface area contributed by atoms with Crippen LogP contribution in [-0.4, -0.2) is 11.8 Å². The molecule has 3 N–H and O–H groups in total. The van der Waals surface area contributed by atoms with Crippen LogP contribution in [0.3, 0.4) is 0 Å². The summed E-state index contributed by atoms with van der Waals surface area (Å²) in [5.41, 5.74) is 2.55. The van der Waals surface area contributed by atoms with Crippen molar-refractivity contribution in [2.75, 3.05) is 6.54 Å². The largest absolute Gasteiger partial charge is 0.271 e. The minimum atomic E-state index is 0.455. The second-order valence-electron chi connectivity index (χ2n) is 1.59. The Hall–Kier alpha value is 0.270. The van der Waals surface area contributed by atoms with Gasteiger partial charge in [0.1, 0.15) is 0 Å². The monoisotopic (exact) mass is 120 g/mol. The number of nitrogens with two attached hydrogens (primary N) is 1. The Labute approximate surface area is 49.8 Å². The van der Waals surface area contributed by atoms with E-state index in [1.807, 2.05) is 6.92 Å². The maximum Gasteiger partial charge on any atom is 0.0108 e. The minimum Gasteiger partial charge on any atom is -0.271 e. The third kappa shape index (κ3) is 6.27. The molecule has 0 amide bonds. The molecule has 7 heavy (non-hydrogen) atoms. The van der Waals surface area contributed by atoms with Crippen molar-refractivity contribution in [2.45, 2.75) is 18.6 Å². The van der Waals surface area contributed by atoms with Crippen LogP contribution in [0.5, 0.6) is 0 Å². The lowest BCUT2D eigenvalue weighted by atomic mass is 10.3. The molecule has 0 fully saturated rings. The molecule has 0 saturated carbocycles. The first kappa shape index (κ1) is 7.27. The van der Waals surface area contributed by atoms with Crippen LogP contribution in [0.2, 0.25) is 0 Å². The summed E-state index contributed by atoms with van der Waals surface area (Å²) in [6.45, 7) is 2.89. The summed E-state index contributed by atoms with van der Waals surface area (Å²) in [5, 5.41) is 0.455. The van der Waals surface area contributed by atoms with Crippen LogP contribution in [0.1, 0.15) is 13.3 Å². The molecule has 0 aliphatic rings.